The molecule has 1 fully saturated rings. The van der Waals surface area contributed by atoms with E-state index in [9.17, 15) is 9.59 Å². The van der Waals surface area contributed by atoms with E-state index in [-0.39, 0.29) is 25.0 Å². The molecule has 234 valence electrons. The summed E-state index contributed by atoms with van der Waals surface area (Å²) in [5.41, 5.74) is 3.13. The van der Waals surface area contributed by atoms with Crippen LogP contribution in [0.25, 0.3) is 11.1 Å². The molecule has 0 bridgehead atoms. The second-order valence-corrected chi connectivity index (χ2v) is 11.9. The van der Waals surface area contributed by atoms with Gasteiger partial charge in [-0.2, -0.15) is 0 Å². The lowest BCUT2D eigenvalue weighted by Gasteiger charge is -2.26. The topological polar surface area (TPSA) is 137 Å². The van der Waals surface area contributed by atoms with E-state index in [1.54, 1.807) is 37.6 Å². The average Bonchev–Trinajstić information content (AvgIpc) is 3.80. The lowest BCUT2D eigenvalue weighted by atomic mass is 9.99. The van der Waals surface area contributed by atoms with E-state index in [1.807, 2.05) is 37.4 Å². The van der Waals surface area contributed by atoms with Crippen molar-refractivity contribution in [2.24, 2.45) is 5.16 Å². The lowest BCUT2D eigenvalue weighted by molar-refractivity contribution is 0.0556. The second-order valence-electron chi connectivity index (χ2n) is 11.9. The standard InChI is InChI=1S/C31H32FN7O6/c1-19-15-37(36-33-19)16-23-14-27(34-45-23)21-7-5-20(6-8-21)25-10-9-22(13-26(25)32)38-17-24(43-29(38)40)18-39(28-11-12-42-35-28)30(41)44-31(2,3)4/h5-13,15,23-24H,14,16-18H2,1-4H3/t23?,24-/m1/s1. The van der Waals surface area contributed by atoms with Crippen molar-refractivity contribution in [1.82, 2.24) is 20.2 Å². The molecule has 0 spiro atoms. The van der Waals surface area contributed by atoms with Gasteiger partial charge in [0.15, 0.2) is 11.9 Å². The van der Waals surface area contributed by atoms with Crippen molar-refractivity contribution in [2.45, 2.75) is 58.5 Å². The summed E-state index contributed by atoms with van der Waals surface area (Å²) in [6, 6.07) is 13.5. The van der Waals surface area contributed by atoms with E-state index in [2.05, 4.69) is 20.6 Å². The summed E-state index contributed by atoms with van der Waals surface area (Å²) >= 11 is 0. The van der Waals surface area contributed by atoms with Gasteiger partial charge in [-0.25, -0.2) is 18.7 Å². The van der Waals surface area contributed by atoms with Crippen molar-refractivity contribution in [3.8, 4) is 11.1 Å². The molecule has 13 nitrogen and oxygen atoms in total. The third kappa shape index (κ3) is 6.79. The summed E-state index contributed by atoms with van der Waals surface area (Å²) in [5.74, 6) is -0.284. The highest BCUT2D eigenvalue weighted by Gasteiger charge is 2.37. The molecule has 2 aliphatic heterocycles. The number of aromatic nitrogens is 4. The molecule has 0 N–H and O–H groups in total. The second kappa shape index (κ2) is 12.0. The molecule has 0 radical (unpaired) electrons. The van der Waals surface area contributed by atoms with Crippen molar-refractivity contribution in [3.63, 3.8) is 0 Å². The maximum absolute atomic E-state index is 15.4. The van der Waals surface area contributed by atoms with E-state index in [0.29, 0.717) is 29.8 Å². The number of aryl methyl sites for hydroxylation is 1. The van der Waals surface area contributed by atoms with Gasteiger partial charge in [0.2, 0.25) is 0 Å². The Bertz CT molecular complexity index is 1710. The highest BCUT2D eigenvalue weighted by molar-refractivity contribution is 6.01. The fourth-order valence-corrected chi connectivity index (χ4v) is 5.09. The monoisotopic (exact) mass is 617 g/mol. The Balaban J connectivity index is 1.10. The number of cyclic esters (lactones) is 1. The Morgan fingerprint density at radius 2 is 1.89 bits per heavy atom. The number of amides is 2. The van der Waals surface area contributed by atoms with Crippen LogP contribution in [0.5, 0.6) is 0 Å². The molecular weight excluding hydrogens is 585 g/mol. The van der Waals surface area contributed by atoms with Crippen molar-refractivity contribution >= 4 is 29.4 Å². The molecule has 1 unspecified atom stereocenters. The first kappa shape index (κ1) is 29.8. The number of rotatable bonds is 8. The van der Waals surface area contributed by atoms with Crippen LogP contribution in [-0.2, 0) is 20.9 Å². The predicted molar refractivity (Wildman–Crippen MR) is 160 cm³/mol. The van der Waals surface area contributed by atoms with Crippen molar-refractivity contribution in [2.75, 3.05) is 22.9 Å². The molecule has 0 aliphatic carbocycles. The van der Waals surface area contributed by atoms with Crippen LogP contribution < -0.4 is 9.80 Å². The summed E-state index contributed by atoms with van der Waals surface area (Å²) in [5, 5.41) is 16.1. The Morgan fingerprint density at radius 3 is 2.56 bits per heavy atom. The molecular formula is C31H32FN7O6. The number of halogens is 1. The van der Waals surface area contributed by atoms with E-state index in [0.717, 1.165) is 17.0 Å². The molecule has 6 rings (SSSR count). The molecule has 0 saturated carbocycles. The Hall–Kier alpha value is -5.27. The van der Waals surface area contributed by atoms with Gasteiger partial charge in [0.05, 0.1) is 36.7 Å². The van der Waals surface area contributed by atoms with Crippen LogP contribution >= 0.6 is 0 Å². The number of benzene rings is 2. The minimum atomic E-state index is -0.752. The summed E-state index contributed by atoms with van der Waals surface area (Å²) in [7, 11) is 0. The number of ether oxygens (including phenoxy) is 2. The minimum absolute atomic E-state index is 0.0339. The van der Waals surface area contributed by atoms with Gasteiger partial charge < -0.3 is 18.8 Å². The third-order valence-electron chi connectivity index (χ3n) is 7.15. The normalized spacial score (nSPS) is 18.0. The Morgan fingerprint density at radius 1 is 1.11 bits per heavy atom. The van der Waals surface area contributed by atoms with Crippen LogP contribution in [0.3, 0.4) is 0 Å². The van der Waals surface area contributed by atoms with Crippen LogP contribution in [-0.4, -0.2) is 68.9 Å². The molecule has 2 aromatic heterocycles. The van der Waals surface area contributed by atoms with Gasteiger partial charge in [-0.15, -0.1) is 5.10 Å². The summed E-state index contributed by atoms with van der Waals surface area (Å²) in [6.07, 6.45) is 1.60. The van der Waals surface area contributed by atoms with Crippen molar-refractivity contribution in [1.29, 1.82) is 0 Å². The predicted octanol–water partition coefficient (Wildman–Crippen LogP) is 5.34. The maximum atomic E-state index is 15.4. The van der Waals surface area contributed by atoms with Gasteiger partial charge >= 0.3 is 12.2 Å². The quantitative estimate of drug-likeness (QED) is 0.256. The maximum Gasteiger partial charge on any atom is 0.416 e. The largest absolute Gasteiger partial charge is 0.443 e. The smallest absolute Gasteiger partial charge is 0.416 e. The number of carbonyl (C=O) groups is 2. The zero-order chi connectivity index (χ0) is 31.7. The van der Waals surface area contributed by atoms with E-state index < -0.39 is 29.7 Å². The van der Waals surface area contributed by atoms with Crippen molar-refractivity contribution in [3.05, 3.63) is 78.1 Å². The van der Waals surface area contributed by atoms with Crippen molar-refractivity contribution < 1.29 is 32.8 Å². The molecule has 4 aromatic rings. The van der Waals surface area contributed by atoms with Gasteiger partial charge in [-0.1, -0.05) is 39.8 Å². The molecule has 2 atom stereocenters. The molecule has 1 saturated heterocycles. The fourth-order valence-electron chi connectivity index (χ4n) is 5.09. The van der Waals surface area contributed by atoms with Gasteiger partial charge in [-0.3, -0.25) is 9.80 Å². The van der Waals surface area contributed by atoms with Gasteiger partial charge in [-0.05, 0) is 57.0 Å². The van der Waals surface area contributed by atoms with E-state index in [4.69, 9.17) is 18.8 Å². The Kier molecular flexibility index (Phi) is 7.96. The minimum Gasteiger partial charge on any atom is -0.443 e. The summed E-state index contributed by atoms with van der Waals surface area (Å²) in [4.78, 5) is 33.8. The van der Waals surface area contributed by atoms with E-state index >= 15 is 4.39 Å². The van der Waals surface area contributed by atoms with Crippen LogP contribution in [0.4, 0.5) is 25.5 Å². The van der Waals surface area contributed by atoms with Crippen LogP contribution in [0.15, 0.2) is 70.7 Å². The number of oxime groups is 1. The van der Waals surface area contributed by atoms with E-state index in [1.165, 1.54) is 28.2 Å². The van der Waals surface area contributed by atoms with Gasteiger partial charge in [0.1, 0.15) is 23.8 Å². The fraction of sp³-hybridized carbons (Fsp3) is 0.355. The number of carbonyl (C=O) groups excluding carboxylic acids is 2. The first-order chi connectivity index (χ1) is 21.5. The number of nitrogens with zero attached hydrogens (tertiary/aromatic N) is 7. The highest BCUT2D eigenvalue weighted by Crippen LogP contribution is 2.31. The Labute approximate surface area is 258 Å². The SMILES string of the molecule is Cc1cn(CC2CC(c3ccc(-c4ccc(N5C[C@H](CN(C(=O)OC(C)(C)C)c6ccon6)OC5=O)cc4F)cc3)=NO2)nn1. The number of anilines is 2. The molecule has 2 aliphatic rings. The van der Waals surface area contributed by atoms with Gasteiger partial charge in [0, 0.05) is 24.2 Å². The number of hydrogen-bond acceptors (Lipinski definition) is 10. The first-order valence-electron chi connectivity index (χ1n) is 14.4. The zero-order valence-electron chi connectivity index (χ0n) is 25.2. The molecule has 45 heavy (non-hydrogen) atoms. The van der Waals surface area contributed by atoms with Crippen LogP contribution in [0, 0.1) is 12.7 Å². The van der Waals surface area contributed by atoms with Gasteiger partial charge in [0.25, 0.3) is 0 Å². The molecule has 14 heteroatoms. The molecule has 2 amide bonds. The van der Waals surface area contributed by atoms with Crippen LogP contribution in [0.1, 0.15) is 38.4 Å². The summed E-state index contributed by atoms with van der Waals surface area (Å²) in [6.45, 7) is 7.70. The first-order valence-corrected chi connectivity index (χ1v) is 14.4. The molecule has 4 heterocycles. The average molecular weight is 618 g/mol. The third-order valence-corrected chi connectivity index (χ3v) is 7.15. The summed E-state index contributed by atoms with van der Waals surface area (Å²) < 4.78 is 33.0. The highest BCUT2D eigenvalue weighted by atomic mass is 19.1. The van der Waals surface area contributed by atoms with Crippen LogP contribution in [0.2, 0.25) is 0 Å². The molecule has 2 aromatic carbocycles. The lowest BCUT2D eigenvalue weighted by Crippen LogP contribution is -2.42. The number of hydrogen-bond donors (Lipinski definition) is 0. The zero-order valence-corrected chi connectivity index (χ0v) is 25.2.